The van der Waals surface area contributed by atoms with Crippen LogP contribution in [0.4, 0.5) is 0 Å². The molecule has 0 saturated heterocycles. The fourth-order valence-corrected chi connectivity index (χ4v) is 2.80. The number of carboxylic acids is 1. The molecule has 0 aromatic heterocycles. The lowest BCUT2D eigenvalue weighted by atomic mass is 10.1. The molecule has 0 unspecified atom stereocenters. The molecule has 3 nitrogen and oxygen atoms in total. The number of thioether (sulfide) groups is 1. The molecule has 2 aromatic carbocycles. The number of methoxy groups -OCH3 is 1. The van der Waals surface area contributed by atoms with Gasteiger partial charge in [-0.15, -0.1) is 11.8 Å². The minimum absolute atomic E-state index is 0.771. The maximum absolute atomic E-state index is 10.6. The monoisotopic (exact) mass is 300 g/mol. The number of hydrogen-bond acceptors (Lipinski definition) is 3. The van der Waals surface area contributed by atoms with E-state index in [0.29, 0.717) is 0 Å². The molecule has 1 N–H and O–H groups in total. The second-order valence-electron chi connectivity index (χ2n) is 4.34. The van der Waals surface area contributed by atoms with Crippen LogP contribution in [0.15, 0.2) is 59.5 Å². The van der Waals surface area contributed by atoms with Crippen molar-refractivity contribution in [3.63, 3.8) is 0 Å². The summed E-state index contributed by atoms with van der Waals surface area (Å²) in [5.41, 5.74) is 2.03. The van der Waals surface area contributed by atoms with Crippen molar-refractivity contribution in [1.82, 2.24) is 0 Å². The van der Waals surface area contributed by atoms with E-state index in [1.165, 1.54) is 0 Å². The summed E-state index contributed by atoms with van der Waals surface area (Å²) >= 11 is 1.69. The van der Waals surface area contributed by atoms with E-state index in [0.717, 1.165) is 33.6 Å². The first-order chi connectivity index (χ1) is 10.2. The van der Waals surface area contributed by atoms with E-state index in [4.69, 9.17) is 9.84 Å². The van der Waals surface area contributed by atoms with Crippen LogP contribution in [0.2, 0.25) is 0 Å². The third-order valence-corrected chi connectivity index (χ3v) is 3.94. The predicted octanol–water partition coefficient (Wildman–Crippen LogP) is 4.09. The van der Waals surface area contributed by atoms with E-state index < -0.39 is 5.97 Å². The quantitative estimate of drug-likeness (QED) is 0.645. The summed E-state index contributed by atoms with van der Waals surface area (Å²) in [7, 11) is 1.65. The Morgan fingerprint density at radius 1 is 1.24 bits per heavy atom. The van der Waals surface area contributed by atoms with Crippen LogP contribution in [0, 0.1) is 0 Å². The molecule has 0 amide bonds. The number of carboxylic acid groups (broad SMARTS) is 1. The number of hydrogen-bond donors (Lipinski definition) is 1. The molecule has 0 fully saturated rings. The van der Waals surface area contributed by atoms with Gasteiger partial charge in [-0.1, -0.05) is 30.3 Å². The highest BCUT2D eigenvalue weighted by atomic mass is 32.2. The molecule has 0 aliphatic rings. The van der Waals surface area contributed by atoms with E-state index in [2.05, 4.69) is 0 Å². The van der Waals surface area contributed by atoms with Crippen molar-refractivity contribution in [2.24, 2.45) is 0 Å². The Bertz CT molecular complexity index is 650. The minimum Gasteiger partial charge on any atom is -0.497 e. The lowest BCUT2D eigenvalue weighted by Crippen LogP contribution is -1.89. The fraction of sp³-hybridized carbons (Fsp3) is 0.118. The van der Waals surface area contributed by atoms with Gasteiger partial charge in [0.05, 0.1) is 7.11 Å². The first kappa shape index (κ1) is 15.2. The maximum Gasteiger partial charge on any atom is 0.328 e. The molecule has 0 aliphatic heterocycles. The van der Waals surface area contributed by atoms with Crippen molar-refractivity contribution in [1.29, 1.82) is 0 Å². The van der Waals surface area contributed by atoms with Gasteiger partial charge in [-0.2, -0.15) is 0 Å². The van der Waals surface area contributed by atoms with Crippen LogP contribution in [-0.4, -0.2) is 18.2 Å². The smallest absolute Gasteiger partial charge is 0.328 e. The summed E-state index contributed by atoms with van der Waals surface area (Å²) in [5, 5.41) is 8.73. The van der Waals surface area contributed by atoms with Gasteiger partial charge in [-0.05, 0) is 35.4 Å². The zero-order valence-electron chi connectivity index (χ0n) is 11.7. The number of benzene rings is 2. The van der Waals surface area contributed by atoms with Crippen LogP contribution in [0.3, 0.4) is 0 Å². The predicted molar refractivity (Wildman–Crippen MR) is 85.7 cm³/mol. The van der Waals surface area contributed by atoms with Crippen LogP contribution in [0.5, 0.6) is 5.75 Å². The fourth-order valence-electron chi connectivity index (χ4n) is 1.84. The van der Waals surface area contributed by atoms with Crippen LogP contribution >= 0.6 is 11.8 Å². The first-order valence-corrected chi connectivity index (χ1v) is 7.43. The molecule has 0 saturated carbocycles. The Labute approximate surface area is 128 Å². The molecule has 4 heteroatoms. The van der Waals surface area contributed by atoms with E-state index in [9.17, 15) is 4.79 Å². The average Bonchev–Trinajstić information content (AvgIpc) is 2.52. The van der Waals surface area contributed by atoms with E-state index in [1.807, 2.05) is 48.5 Å². The van der Waals surface area contributed by atoms with Crippen molar-refractivity contribution < 1.29 is 14.6 Å². The van der Waals surface area contributed by atoms with Gasteiger partial charge in [-0.3, -0.25) is 0 Å². The molecule has 0 atom stereocenters. The standard InChI is InChI=1S/C17H16O3S/c1-20-15-7-4-8-16(11-15)21-12-14-6-3-2-5-13(14)9-10-17(18)19/h2-11H,12H2,1H3,(H,18,19). The van der Waals surface area contributed by atoms with Crippen molar-refractivity contribution in [3.05, 3.63) is 65.7 Å². The van der Waals surface area contributed by atoms with Gasteiger partial charge in [0.25, 0.3) is 0 Å². The first-order valence-electron chi connectivity index (χ1n) is 6.45. The molecule has 0 bridgehead atoms. The SMILES string of the molecule is COc1cccc(SCc2ccccc2C=CC(=O)O)c1. The molecule has 0 spiro atoms. The van der Waals surface area contributed by atoms with Crippen LogP contribution in [0.25, 0.3) is 6.08 Å². The molecular formula is C17H16O3S. The molecule has 0 heterocycles. The topological polar surface area (TPSA) is 46.5 Å². The summed E-state index contributed by atoms with van der Waals surface area (Å²) < 4.78 is 5.21. The Balaban J connectivity index is 2.10. The summed E-state index contributed by atoms with van der Waals surface area (Å²) in [6.45, 7) is 0. The van der Waals surface area contributed by atoms with Gasteiger partial charge in [0, 0.05) is 16.7 Å². The lowest BCUT2D eigenvalue weighted by molar-refractivity contribution is -0.131. The third-order valence-electron chi connectivity index (χ3n) is 2.90. The van der Waals surface area contributed by atoms with Crippen LogP contribution in [-0.2, 0) is 10.5 Å². The second kappa shape index (κ2) is 7.55. The summed E-state index contributed by atoms with van der Waals surface area (Å²) in [5.74, 6) is 0.664. The van der Waals surface area contributed by atoms with Crippen molar-refractivity contribution >= 4 is 23.8 Å². The van der Waals surface area contributed by atoms with Gasteiger partial charge in [-0.25, -0.2) is 4.79 Å². The molecule has 0 radical (unpaired) electrons. The second-order valence-corrected chi connectivity index (χ2v) is 5.39. The number of ether oxygens (including phenoxy) is 1. The maximum atomic E-state index is 10.6. The van der Waals surface area contributed by atoms with E-state index in [-0.39, 0.29) is 0 Å². The number of rotatable bonds is 6. The number of carbonyl (C=O) groups is 1. The van der Waals surface area contributed by atoms with E-state index in [1.54, 1.807) is 24.9 Å². The largest absolute Gasteiger partial charge is 0.497 e. The molecule has 21 heavy (non-hydrogen) atoms. The van der Waals surface area contributed by atoms with Gasteiger partial charge >= 0.3 is 5.97 Å². The molecule has 108 valence electrons. The highest BCUT2D eigenvalue weighted by Gasteiger charge is 2.02. The van der Waals surface area contributed by atoms with Crippen LogP contribution < -0.4 is 4.74 Å². The average molecular weight is 300 g/mol. The van der Waals surface area contributed by atoms with Crippen molar-refractivity contribution in [2.45, 2.75) is 10.6 Å². The summed E-state index contributed by atoms with van der Waals surface area (Å²) in [6.07, 6.45) is 2.79. The zero-order valence-corrected chi connectivity index (χ0v) is 12.5. The number of aliphatic carboxylic acids is 1. The van der Waals surface area contributed by atoms with Gasteiger partial charge in [0.15, 0.2) is 0 Å². The molecule has 0 aliphatic carbocycles. The zero-order chi connectivity index (χ0) is 15.1. The normalized spacial score (nSPS) is 10.7. The Kier molecular flexibility index (Phi) is 5.46. The Morgan fingerprint density at radius 3 is 2.81 bits per heavy atom. The van der Waals surface area contributed by atoms with Gasteiger partial charge in [0.1, 0.15) is 5.75 Å². The highest BCUT2D eigenvalue weighted by molar-refractivity contribution is 7.98. The Hall–Kier alpha value is -2.20. The molecular weight excluding hydrogens is 284 g/mol. The summed E-state index contributed by atoms with van der Waals surface area (Å²) in [6, 6.07) is 15.7. The third kappa shape index (κ3) is 4.68. The van der Waals surface area contributed by atoms with Gasteiger partial charge in [0.2, 0.25) is 0 Å². The van der Waals surface area contributed by atoms with Gasteiger partial charge < -0.3 is 9.84 Å². The van der Waals surface area contributed by atoms with E-state index >= 15 is 0 Å². The highest BCUT2D eigenvalue weighted by Crippen LogP contribution is 2.27. The lowest BCUT2D eigenvalue weighted by Gasteiger charge is -2.07. The molecule has 2 rings (SSSR count). The van der Waals surface area contributed by atoms with Crippen molar-refractivity contribution in [2.75, 3.05) is 7.11 Å². The van der Waals surface area contributed by atoms with Crippen molar-refractivity contribution in [3.8, 4) is 5.75 Å². The Morgan fingerprint density at radius 2 is 2.05 bits per heavy atom. The van der Waals surface area contributed by atoms with Crippen LogP contribution in [0.1, 0.15) is 11.1 Å². The molecule has 2 aromatic rings. The minimum atomic E-state index is -0.940. The summed E-state index contributed by atoms with van der Waals surface area (Å²) in [4.78, 5) is 11.7.